The molecule has 21 heavy (non-hydrogen) atoms. The van der Waals surface area contributed by atoms with E-state index in [2.05, 4.69) is 4.98 Å². The summed E-state index contributed by atoms with van der Waals surface area (Å²) < 4.78 is 5.16. The highest BCUT2D eigenvalue weighted by atomic mass is 16.5. The Morgan fingerprint density at radius 1 is 1.14 bits per heavy atom. The molecular weight excluding hydrogens is 262 g/mol. The van der Waals surface area contributed by atoms with Crippen LogP contribution in [0.3, 0.4) is 0 Å². The van der Waals surface area contributed by atoms with Gasteiger partial charge in [0, 0.05) is 17.5 Å². The molecule has 2 rings (SSSR count). The molecule has 0 unspecified atom stereocenters. The fraction of sp³-hybridized carbons (Fsp3) is 0.222. The molecule has 2 aromatic rings. The Kier molecular flexibility index (Phi) is 5.71. The number of carbonyl (C=O) groups excluding carboxylic acids is 1. The van der Waals surface area contributed by atoms with Crippen molar-refractivity contribution in [3.05, 3.63) is 71.6 Å². The highest BCUT2D eigenvalue weighted by molar-refractivity contribution is 5.86. The minimum Gasteiger partial charge on any atom is -0.463 e. The predicted molar refractivity (Wildman–Crippen MR) is 83.7 cm³/mol. The lowest BCUT2D eigenvalue weighted by molar-refractivity contribution is -0.137. The van der Waals surface area contributed by atoms with Crippen LogP contribution in [0.15, 0.2) is 54.6 Å². The Balaban J connectivity index is 1.69. The molecule has 0 radical (unpaired) electrons. The summed E-state index contributed by atoms with van der Waals surface area (Å²) in [7, 11) is 0. The van der Waals surface area contributed by atoms with Gasteiger partial charge in [-0.3, -0.25) is 4.98 Å². The van der Waals surface area contributed by atoms with E-state index in [9.17, 15) is 4.79 Å². The maximum absolute atomic E-state index is 11.6. The van der Waals surface area contributed by atoms with Crippen LogP contribution in [0.2, 0.25) is 0 Å². The molecule has 1 heterocycles. The minimum absolute atomic E-state index is 0.309. The van der Waals surface area contributed by atoms with Crippen molar-refractivity contribution in [2.75, 3.05) is 6.61 Å². The predicted octanol–water partition coefficient (Wildman–Crippen LogP) is 3.58. The number of carbonyl (C=O) groups is 1. The van der Waals surface area contributed by atoms with Crippen molar-refractivity contribution in [3.8, 4) is 0 Å². The van der Waals surface area contributed by atoms with Gasteiger partial charge in [0.2, 0.25) is 0 Å². The van der Waals surface area contributed by atoms with Gasteiger partial charge in [0.15, 0.2) is 0 Å². The normalized spacial score (nSPS) is 10.7. The summed E-state index contributed by atoms with van der Waals surface area (Å²) in [5, 5.41) is 0. The number of hydrogen-bond acceptors (Lipinski definition) is 3. The molecule has 0 saturated carbocycles. The molecule has 1 aromatic heterocycles. The highest BCUT2D eigenvalue weighted by Gasteiger charge is 1.99. The second kappa shape index (κ2) is 8.00. The fourth-order valence-electron chi connectivity index (χ4n) is 1.94. The second-order valence-corrected chi connectivity index (χ2v) is 4.79. The Labute approximate surface area is 125 Å². The van der Waals surface area contributed by atoms with Crippen molar-refractivity contribution >= 4 is 12.0 Å². The van der Waals surface area contributed by atoms with E-state index in [0.717, 1.165) is 29.8 Å². The number of esters is 1. The van der Waals surface area contributed by atoms with Gasteiger partial charge in [-0.2, -0.15) is 0 Å². The van der Waals surface area contributed by atoms with Gasteiger partial charge in [-0.15, -0.1) is 0 Å². The number of pyridine rings is 1. The molecule has 0 atom stereocenters. The lowest BCUT2D eigenvalue weighted by atomic mass is 10.2. The van der Waals surface area contributed by atoms with Gasteiger partial charge in [-0.05, 0) is 43.5 Å². The highest BCUT2D eigenvalue weighted by Crippen LogP contribution is 2.03. The maximum atomic E-state index is 11.6. The molecule has 0 amide bonds. The number of hydrogen-bond donors (Lipinski definition) is 0. The quantitative estimate of drug-likeness (QED) is 0.461. The van der Waals surface area contributed by atoms with Crippen LogP contribution >= 0.6 is 0 Å². The molecule has 0 N–H and O–H groups in total. The van der Waals surface area contributed by atoms with Crippen molar-refractivity contribution in [1.82, 2.24) is 4.98 Å². The molecule has 0 aliphatic heterocycles. The standard InChI is InChI=1S/C18H19NO2/c1-15-7-5-10-17(19-15)11-6-14-21-18(20)13-12-16-8-3-2-4-9-16/h2-5,7-10,12-13H,6,11,14H2,1H3/b13-12+. The lowest BCUT2D eigenvalue weighted by Crippen LogP contribution is -2.04. The zero-order valence-corrected chi connectivity index (χ0v) is 12.2. The second-order valence-electron chi connectivity index (χ2n) is 4.79. The van der Waals surface area contributed by atoms with Crippen LogP contribution in [-0.2, 0) is 16.0 Å². The first-order valence-electron chi connectivity index (χ1n) is 7.06. The topological polar surface area (TPSA) is 39.2 Å². The number of rotatable bonds is 6. The third-order valence-electron chi connectivity index (χ3n) is 2.98. The number of aromatic nitrogens is 1. The largest absolute Gasteiger partial charge is 0.463 e. The summed E-state index contributed by atoms with van der Waals surface area (Å²) in [5.74, 6) is -0.309. The summed E-state index contributed by atoms with van der Waals surface area (Å²) >= 11 is 0. The van der Waals surface area contributed by atoms with E-state index in [1.165, 1.54) is 6.08 Å². The molecule has 108 valence electrons. The first-order chi connectivity index (χ1) is 10.2. The van der Waals surface area contributed by atoms with Crippen molar-refractivity contribution < 1.29 is 9.53 Å². The molecule has 0 bridgehead atoms. The van der Waals surface area contributed by atoms with Gasteiger partial charge < -0.3 is 4.74 Å². The van der Waals surface area contributed by atoms with E-state index in [-0.39, 0.29) is 5.97 Å². The van der Waals surface area contributed by atoms with Crippen LogP contribution in [0.1, 0.15) is 23.4 Å². The maximum Gasteiger partial charge on any atom is 0.330 e. The lowest BCUT2D eigenvalue weighted by Gasteiger charge is -2.03. The van der Waals surface area contributed by atoms with Crippen LogP contribution < -0.4 is 0 Å². The van der Waals surface area contributed by atoms with Gasteiger partial charge in [0.25, 0.3) is 0 Å². The number of ether oxygens (including phenoxy) is 1. The first-order valence-corrected chi connectivity index (χ1v) is 7.06. The van der Waals surface area contributed by atoms with Gasteiger partial charge >= 0.3 is 5.97 Å². The average molecular weight is 281 g/mol. The van der Waals surface area contributed by atoms with E-state index < -0.39 is 0 Å². The summed E-state index contributed by atoms with van der Waals surface area (Å²) in [6.07, 6.45) is 4.81. The first kappa shape index (κ1) is 15.0. The van der Waals surface area contributed by atoms with Crippen LogP contribution in [0.4, 0.5) is 0 Å². The Morgan fingerprint density at radius 3 is 2.71 bits per heavy atom. The van der Waals surface area contributed by atoms with Crippen molar-refractivity contribution in [1.29, 1.82) is 0 Å². The molecule has 3 heteroatoms. The number of aryl methyl sites for hydroxylation is 2. The van der Waals surface area contributed by atoms with E-state index >= 15 is 0 Å². The number of nitrogens with zero attached hydrogens (tertiary/aromatic N) is 1. The van der Waals surface area contributed by atoms with E-state index in [1.807, 2.05) is 55.5 Å². The summed E-state index contributed by atoms with van der Waals surface area (Å²) in [6, 6.07) is 15.6. The average Bonchev–Trinajstić information content (AvgIpc) is 2.51. The molecule has 0 saturated heterocycles. The zero-order chi connectivity index (χ0) is 14.9. The molecule has 1 aromatic carbocycles. The molecule has 0 spiro atoms. The minimum atomic E-state index is -0.309. The number of benzene rings is 1. The van der Waals surface area contributed by atoms with E-state index in [0.29, 0.717) is 6.61 Å². The molecule has 0 aliphatic rings. The summed E-state index contributed by atoms with van der Waals surface area (Å²) in [6.45, 7) is 2.38. The van der Waals surface area contributed by atoms with Gasteiger partial charge in [-0.25, -0.2) is 4.79 Å². The molecule has 0 fully saturated rings. The monoisotopic (exact) mass is 281 g/mol. The van der Waals surface area contributed by atoms with Crippen LogP contribution in [0.5, 0.6) is 0 Å². The van der Waals surface area contributed by atoms with Gasteiger partial charge in [-0.1, -0.05) is 36.4 Å². The van der Waals surface area contributed by atoms with Crippen molar-refractivity contribution in [2.45, 2.75) is 19.8 Å². The fourth-order valence-corrected chi connectivity index (χ4v) is 1.94. The summed E-state index contributed by atoms with van der Waals surface area (Å²) in [4.78, 5) is 16.0. The Morgan fingerprint density at radius 2 is 1.95 bits per heavy atom. The SMILES string of the molecule is Cc1cccc(CCCOC(=O)/C=C/c2ccccc2)n1. The molecular formula is C18H19NO2. The van der Waals surface area contributed by atoms with E-state index in [4.69, 9.17) is 4.74 Å². The van der Waals surface area contributed by atoms with Crippen LogP contribution in [-0.4, -0.2) is 17.6 Å². The van der Waals surface area contributed by atoms with E-state index in [1.54, 1.807) is 6.08 Å². The third-order valence-corrected chi connectivity index (χ3v) is 2.98. The molecule has 0 aliphatic carbocycles. The molecule has 3 nitrogen and oxygen atoms in total. The zero-order valence-electron chi connectivity index (χ0n) is 12.2. The van der Waals surface area contributed by atoms with Gasteiger partial charge in [0.05, 0.1) is 6.61 Å². The van der Waals surface area contributed by atoms with Crippen LogP contribution in [0, 0.1) is 6.92 Å². The third kappa shape index (κ3) is 5.61. The Hall–Kier alpha value is -2.42. The van der Waals surface area contributed by atoms with Gasteiger partial charge in [0.1, 0.15) is 0 Å². The van der Waals surface area contributed by atoms with Crippen LogP contribution in [0.25, 0.3) is 6.08 Å². The van der Waals surface area contributed by atoms with Crippen molar-refractivity contribution in [3.63, 3.8) is 0 Å². The summed E-state index contributed by atoms with van der Waals surface area (Å²) in [5.41, 5.74) is 3.03. The Bertz CT molecular complexity index is 606. The van der Waals surface area contributed by atoms with Crippen molar-refractivity contribution in [2.24, 2.45) is 0 Å². The smallest absolute Gasteiger partial charge is 0.330 e.